The fourth-order valence-electron chi connectivity index (χ4n) is 9.15. The maximum Gasteiger partial charge on any atom is 0.134 e. The van der Waals surface area contributed by atoms with Gasteiger partial charge in [-0.1, -0.05) is 212 Å². The molecule has 1 atom stereocenters. The summed E-state index contributed by atoms with van der Waals surface area (Å²) < 4.78 is 0. The Bertz CT molecular complexity index is 3180. The molecule has 1 unspecified atom stereocenters. The highest BCUT2D eigenvalue weighted by molar-refractivity contribution is 6.24. The Balaban J connectivity index is 1.12. The molecule has 0 radical (unpaired) electrons. The molecule has 1 aliphatic heterocycles. The molecule has 11 rings (SSSR count). The SMILES string of the molecule is C1=C(c2ccc(-c3c4ccccc4c(-c4ccccc4)c4ccccc34)c3ccccc23)N=C(c2ccccc2)NC1c1cccc2c(-c3ccccc3)cccc12. The molecule has 1 N–H and O–H groups in total. The fraction of sp³-hybridized carbons (Fsp3) is 0.0179. The largest absolute Gasteiger partial charge is 0.359 e. The number of hydrogen-bond donors (Lipinski definition) is 1. The first-order chi connectivity index (χ1) is 28.8. The average Bonchev–Trinajstić information content (AvgIpc) is 3.31. The molecule has 0 aliphatic carbocycles. The summed E-state index contributed by atoms with van der Waals surface area (Å²) in [5.41, 5.74) is 11.8. The third-order valence-electron chi connectivity index (χ3n) is 11.7. The topological polar surface area (TPSA) is 24.4 Å². The van der Waals surface area contributed by atoms with Gasteiger partial charge in [0.25, 0.3) is 0 Å². The van der Waals surface area contributed by atoms with Crippen LogP contribution in [0.4, 0.5) is 0 Å². The van der Waals surface area contributed by atoms with Gasteiger partial charge in [0.05, 0.1) is 11.7 Å². The van der Waals surface area contributed by atoms with E-state index in [-0.39, 0.29) is 6.04 Å². The molecule has 0 fully saturated rings. The number of nitrogens with zero attached hydrogens (tertiary/aromatic N) is 1. The molecule has 0 amide bonds. The number of amidine groups is 1. The highest BCUT2D eigenvalue weighted by atomic mass is 15.0. The minimum absolute atomic E-state index is 0.116. The second-order valence-corrected chi connectivity index (χ2v) is 15.0. The first kappa shape index (κ1) is 33.8. The summed E-state index contributed by atoms with van der Waals surface area (Å²) >= 11 is 0. The van der Waals surface area contributed by atoms with Crippen LogP contribution in [0.15, 0.2) is 223 Å². The van der Waals surface area contributed by atoms with Gasteiger partial charge in [0.2, 0.25) is 0 Å². The lowest BCUT2D eigenvalue weighted by Crippen LogP contribution is -2.31. The Hall–Kier alpha value is -7.55. The first-order valence-electron chi connectivity index (χ1n) is 20.0. The van der Waals surface area contributed by atoms with Crippen molar-refractivity contribution in [2.75, 3.05) is 0 Å². The number of nitrogens with one attached hydrogen (secondary N) is 1. The Kier molecular flexibility index (Phi) is 8.26. The Morgan fingerprint density at radius 1 is 0.310 bits per heavy atom. The molecule has 10 aromatic carbocycles. The summed E-state index contributed by atoms with van der Waals surface area (Å²) in [6.45, 7) is 0. The Morgan fingerprint density at radius 3 is 1.40 bits per heavy atom. The predicted molar refractivity (Wildman–Crippen MR) is 246 cm³/mol. The molecule has 0 saturated heterocycles. The van der Waals surface area contributed by atoms with Gasteiger partial charge in [0.1, 0.15) is 5.84 Å². The summed E-state index contributed by atoms with van der Waals surface area (Å²) in [4.78, 5) is 5.41. The standard InChI is InChI=1S/C56H38N2/c1-4-18-37(19-5-1)40-30-16-32-43-41(40)31-17-33-45(43)52-36-53(58-56(57-52)39-22-8-3-9-23-39)46-34-35-51(44-25-11-10-24-42(44)46)55-49-28-14-12-26-47(49)54(38-20-6-2-7-21-38)48-27-13-15-29-50(48)55/h1-36,52H,(H,57,58). The van der Waals surface area contributed by atoms with Crippen LogP contribution in [0.2, 0.25) is 0 Å². The van der Waals surface area contributed by atoms with E-state index in [9.17, 15) is 0 Å². The van der Waals surface area contributed by atoms with Gasteiger partial charge in [-0.25, -0.2) is 4.99 Å². The van der Waals surface area contributed by atoms with Crippen LogP contribution in [0.3, 0.4) is 0 Å². The zero-order valence-corrected chi connectivity index (χ0v) is 31.8. The summed E-state index contributed by atoms with van der Waals surface area (Å²) in [5.74, 6) is 0.862. The summed E-state index contributed by atoms with van der Waals surface area (Å²) in [6.07, 6.45) is 2.32. The van der Waals surface area contributed by atoms with Crippen molar-refractivity contribution in [2.45, 2.75) is 6.04 Å². The number of rotatable bonds is 6. The van der Waals surface area contributed by atoms with E-state index in [2.05, 4.69) is 224 Å². The van der Waals surface area contributed by atoms with Crippen LogP contribution in [0, 0.1) is 0 Å². The molecule has 2 nitrogen and oxygen atoms in total. The zero-order chi connectivity index (χ0) is 38.4. The van der Waals surface area contributed by atoms with E-state index in [0.717, 1.165) is 22.7 Å². The van der Waals surface area contributed by atoms with E-state index >= 15 is 0 Å². The van der Waals surface area contributed by atoms with Crippen molar-refractivity contribution < 1.29 is 0 Å². The zero-order valence-electron chi connectivity index (χ0n) is 31.8. The first-order valence-corrected chi connectivity index (χ1v) is 20.0. The van der Waals surface area contributed by atoms with Crippen molar-refractivity contribution in [2.24, 2.45) is 4.99 Å². The van der Waals surface area contributed by atoms with E-state index in [4.69, 9.17) is 4.99 Å². The molecule has 1 aliphatic rings. The van der Waals surface area contributed by atoms with Gasteiger partial charge in [0, 0.05) is 11.1 Å². The van der Waals surface area contributed by atoms with Crippen molar-refractivity contribution in [1.82, 2.24) is 5.32 Å². The third kappa shape index (κ3) is 5.69. The number of fused-ring (bicyclic) bond motifs is 4. The van der Waals surface area contributed by atoms with Crippen molar-refractivity contribution in [3.63, 3.8) is 0 Å². The summed E-state index contributed by atoms with van der Waals surface area (Å²) in [5, 5.41) is 13.7. The Morgan fingerprint density at radius 2 is 0.759 bits per heavy atom. The van der Waals surface area contributed by atoms with Gasteiger partial charge >= 0.3 is 0 Å². The van der Waals surface area contributed by atoms with Gasteiger partial charge in [0.15, 0.2) is 0 Å². The van der Waals surface area contributed by atoms with Crippen molar-refractivity contribution >= 4 is 54.6 Å². The number of hydrogen-bond acceptors (Lipinski definition) is 2. The van der Waals surface area contributed by atoms with Crippen LogP contribution in [-0.2, 0) is 0 Å². The molecular formula is C56H38N2. The van der Waals surface area contributed by atoms with Crippen LogP contribution in [0.1, 0.15) is 22.7 Å². The minimum atomic E-state index is -0.116. The van der Waals surface area contributed by atoms with Gasteiger partial charge in [-0.15, -0.1) is 0 Å². The molecule has 0 spiro atoms. The smallest absolute Gasteiger partial charge is 0.134 e. The molecule has 58 heavy (non-hydrogen) atoms. The van der Waals surface area contributed by atoms with E-state index in [1.165, 1.54) is 82.0 Å². The predicted octanol–water partition coefficient (Wildman–Crippen LogP) is 14.4. The van der Waals surface area contributed by atoms with Crippen LogP contribution in [0.25, 0.3) is 82.2 Å². The number of aliphatic imine (C=N–C) groups is 1. The highest BCUT2D eigenvalue weighted by Crippen LogP contribution is 2.46. The summed E-state index contributed by atoms with van der Waals surface area (Å²) in [6, 6.07) is 76.5. The maximum atomic E-state index is 5.41. The van der Waals surface area contributed by atoms with Crippen molar-refractivity contribution in [1.29, 1.82) is 0 Å². The van der Waals surface area contributed by atoms with Crippen LogP contribution < -0.4 is 5.32 Å². The molecule has 0 saturated carbocycles. The molecule has 10 aromatic rings. The maximum absolute atomic E-state index is 5.41. The van der Waals surface area contributed by atoms with E-state index in [0.29, 0.717) is 0 Å². The lowest BCUT2D eigenvalue weighted by atomic mass is 9.84. The normalized spacial score (nSPS) is 14.0. The molecule has 0 bridgehead atoms. The molecule has 272 valence electrons. The lowest BCUT2D eigenvalue weighted by molar-refractivity contribution is 0.787. The van der Waals surface area contributed by atoms with Crippen LogP contribution in [0.5, 0.6) is 0 Å². The van der Waals surface area contributed by atoms with Gasteiger partial charge in [-0.3, -0.25) is 0 Å². The molecule has 0 aromatic heterocycles. The van der Waals surface area contributed by atoms with E-state index < -0.39 is 0 Å². The van der Waals surface area contributed by atoms with Gasteiger partial charge < -0.3 is 5.32 Å². The van der Waals surface area contributed by atoms with Crippen molar-refractivity contribution in [3.8, 4) is 33.4 Å². The average molecular weight is 739 g/mol. The Labute approximate surface area is 338 Å². The van der Waals surface area contributed by atoms with Gasteiger partial charge in [-0.2, -0.15) is 0 Å². The van der Waals surface area contributed by atoms with Crippen LogP contribution in [-0.4, -0.2) is 5.84 Å². The van der Waals surface area contributed by atoms with Crippen LogP contribution >= 0.6 is 0 Å². The second-order valence-electron chi connectivity index (χ2n) is 15.0. The third-order valence-corrected chi connectivity index (χ3v) is 11.7. The quantitative estimate of drug-likeness (QED) is 0.169. The molecule has 2 heteroatoms. The summed E-state index contributed by atoms with van der Waals surface area (Å²) in [7, 11) is 0. The second kappa shape index (κ2) is 14.2. The van der Waals surface area contributed by atoms with Gasteiger partial charge in [-0.05, 0) is 88.1 Å². The molecular weight excluding hydrogens is 701 g/mol. The van der Waals surface area contributed by atoms with Crippen molar-refractivity contribution in [3.05, 3.63) is 235 Å². The number of benzene rings is 10. The monoisotopic (exact) mass is 738 g/mol. The lowest BCUT2D eigenvalue weighted by Gasteiger charge is -2.26. The minimum Gasteiger partial charge on any atom is -0.359 e. The van der Waals surface area contributed by atoms with E-state index in [1.807, 2.05) is 0 Å². The fourth-order valence-corrected chi connectivity index (χ4v) is 9.15. The molecule has 1 heterocycles. The van der Waals surface area contributed by atoms with E-state index in [1.54, 1.807) is 0 Å². The highest BCUT2D eigenvalue weighted by Gasteiger charge is 2.24.